The smallest absolute Gasteiger partial charge is 0.295 e. The minimum Gasteiger partial charge on any atom is -0.493 e. The molecule has 0 spiro atoms. The molecule has 1 unspecified atom stereocenters. The summed E-state index contributed by atoms with van der Waals surface area (Å²) in [6.45, 7) is 6.71. The fourth-order valence-corrected chi connectivity index (χ4v) is 5.06. The molecule has 1 aliphatic heterocycles. The second-order valence-electron chi connectivity index (χ2n) is 9.27. The van der Waals surface area contributed by atoms with Gasteiger partial charge in [0.25, 0.3) is 5.91 Å². The summed E-state index contributed by atoms with van der Waals surface area (Å²) in [4.78, 5) is 29.4. The number of amides is 1. The first kappa shape index (κ1) is 25.1. The van der Waals surface area contributed by atoms with Crippen LogP contribution in [0.2, 0.25) is 0 Å². The molecule has 0 N–H and O–H groups in total. The summed E-state index contributed by atoms with van der Waals surface area (Å²) in [5, 5.41) is 0.416. The highest BCUT2D eigenvalue weighted by molar-refractivity contribution is 9.10. The average molecular weight is 562 g/mol. The van der Waals surface area contributed by atoms with Crippen molar-refractivity contribution in [3.05, 3.63) is 97.3 Å². The Morgan fingerprint density at radius 1 is 0.973 bits per heavy atom. The van der Waals surface area contributed by atoms with Gasteiger partial charge in [0.1, 0.15) is 5.58 Å². The third-order valence-corrected chi connectivity index (χ3v) is 7.35. The van der Waals surface area contributed by atoms with Gasteiger partial charge in [-0.15, -0.1) is 0 Å². The number of rotatable bonds is 7. The van der Waals surface area contributed by atoms with E-state index in [-0.39, 0.29) is 17.1 Å². The van der Waals surface area contributed by atoms with Gasteiger partial charge < -0.3 is 13.9 Å². The van der Waals surface area contributed by atoms with Crippen LogP contribution in [0.15, 0.2) is 68.3 Å². The fraction of sp³-hybridized carbons (Fsp3) is 0.267. The van der Waals surface area contributed by atoms with Crippen LogP contribution in [0.3, 0.4) is 0 Å². The first-order chi connectivity index (χ1) is 17.8. The molecule has 1 atom stereocenters. The molecule has 7 heteroatoms. The average Bonchev–Trinajstić information content (AvgIpc) is 3.19. The lowest BCUT2D eigenvalue weighted by molar-refractivity contribution is 0.0971. The summed E-state index contributed by atoms with van der Waals surface area (Å²) >= 11 is 3.45. The van der Waals surface area contributed by atoms with E-state index in [9.17, 15) is 9.59 Å². The SMILES string of the molecule is CCCCOc1ccc(C2c3c(oc4ccc(Br)cc4c3=O)C(=O)N2c2ccc(C)c(C)c2)cc1OC. The van der Waals surface area contributed by atoms with E-state index >= 15 is 0 Å². The lowest BCUT2D eigenvalue weighted by atomic mass is 9.97. The van der Waals surface area contributed by atoms with Crippen LogP contribution in [0, 0.1) is 13.8 Å². The van der Waals surface area contributed by atoms with E-state index in [2.05, 4.69) is 22.9 Å². The van der Waals surface area contributed by atoms with Crippen molar-refractivity contribution in [1.82, 2.24) is 0 Å². The first-order valence-corrected chi connectivity index (χ1v) is 13.1. The highest BCUT2D eigenvalue weighted by Crippen LogP contribution is 2.43. The normalized spacial score (nSPS) is 14.8. The van der Waals surface area contributed by atoms with Crippen LogP contribution in [-0.2, 0) is 0 Å². The van der Waals surface area contributed by atoms with Crippen LogP contribution in [-0.4, -0.2) is 19.6 Å². The molecule has 5 rings (SSSR count). The van der Waals surface area contributed by atoms with Gasteiger partial charge in [-0.25, -0.2) is 0 Å². The predicted molar refractivity (Wildman–Crippen MR) is 148 cm³/mol. The maximum absolute atomic E-state index is 13.9. The second kappa shape index (κ2) is 10.1. The second-order valence-corrected chi connectivity index (χ2v) is 10.2. The molecule has 0 saturated heterocycles. The van der Waals surface area contributed by atoms with Crippen molar-refractivity contribution in [3.8, 4) is 11.5 Å². The van der Waals surface area contributed by atoms with Gasteiger partial charge in [0.15, 0.2) is 16.9 Å². The zero-order valence-electron chi connectivity index (χ0n) is 21.3. The van der Waals surface area contributed by atoms with Gasteiger partial charge in [-0.05, 0) is 79.4 Å². The standard InChI is InChI=1S/C30H28BrNO5/c1-5-6-13-36-24-11-8-19(15-25(24)35-4)27-26-28(33)22-16-20(31)9-12-23(22)37-29(26)30(34)32(27)21-10-7-17(2)18(3)14-21/h7-12,14-16,27H,5-6,13H2,1-4H3. The quantitative estimate of drug-likeness (QED) is 0.225. The number of ether oxygens (including phenoxy) is 2. The molecule has 1 aliphatic rings. The van der Waals surface area contributed by atoms with E-state index in [4.69, 9.17) is 13.9 Å². The zero-order chi connectivity index (χ0) is 26.3. The largest absolute Gasteiger partial charge is 0.493 e. The van der Waals surface area contributed by atoms with Crippen LogP contribution in [0.1, 0.15) is 58.6 Å². The zero-order valence-corrected chi connectivity index (χ0v) is 22.8. The van der Waals surface area contributed by atoms with E-state index in [1.165, 1.54) is 0 Å². The number of hydrogen-bond acceptors (Lipinski definition) is 5. The Balaban J connectivity index is 1.73. The molecule has 0 bridgehead atoms. The molecule has 0 radical (unpaired) electrons. The fourth-order valence-electron chi connectivity index (χ4n) is 4.70. The summed E-state index contributed by atoms with van der Waals surface area (Å²) in [7, 11) is 1.58. The number of unbranched alkanes of at least 4 members (excludes halogenated alkanes) is 1. The Kier molecular flexibility index (Phi) is 6.82. The van der Waals surface area contributed by atoms with Gasteiger partial charge in [-0.2, -0.15) is 0 Å². The number of methoxy groups -OCH3 is 1. The third-order valence-electron chi connectivity index (χ3n) is 6.86. The van der Waals surface area contributed by atoms with E-state index in [0.717, 1.165) is 34.0 Å². The molecule has 4 aromatic rings. The predicted octanol–water partition coefficient (Wildman–Crippen LogP) is 7.11. The van der Waals surface area contributed by atoms with Gasteiger partial charge in [0, 0.05) is 10.2 Å². The Hall–Kier alpha value is -3.58. The highest BCUT2D eigenvalue weighted by atomic mass is 79.9. The van der Waals surface area contributed by atoms with Gasteiger partial charge in [0.2, 0.25) is 5.76 Å². The van der Waals surface area contributed by atoms with Crippen molar-refractivity contribution in [2.75, 3.05) is 18.6 Å². The molecule has 1 amide bonds. The van der Waals surface area contributed by atoms with Crippen LogP contribution in [0.4, 0.5) is 5.69 Å². The summed E-state index contributed by atoms with van der Waals surface area (Å²) < 4.78 is 18.4. The molecule has 0 aliphatic carbocycles. The number of aryl methyl sites for hydroxylation is 2. The number of nitrogens with zero attached hydrogens (tertiary/aromatic N) is 1. The molecular weight excluding hydrogens is 534 g/mol. The van der Waals surface area contributed by atoms with Crippen molar-refractivity contribution >= 4 is 38.5 Å². The number of anilines is 1. The maximum Gasteiger partial charge on any atom is 0.295 e. The number of benzene rings is 3. The molecule has 37 heavy (non-hydrogen) atoms. The minimum atomic E-state index is -0.692. The monoisotopic (exact) mass is 561 g/mol. The summed E-state index contributed by atoms with van der Waals surface area (Å²) in [5.41, 5.74) is 4.04. The van der Waals surface area contributed by atoms with Crippen molar-refractivity contribution in [2.24, 2.45) is 0 Å². The Bertz CT molecular complexity index is 1570. The van der Waals surface area contributed by atoms with E-state index in [1.54, 1.807) is 30.2 Å². The van der Waals surface area contributed by atoms with Crippen LogP contribution >= 0.6 is 15.9 Å². The molecule has 0 saturated carbocycles. The first-order valence-electron chi connectivity index (χ1n) is 12.3. The van der Waals surface area contributed by atoms with Crippen molar-refractivity contribution in [2.45, 2.75) is 39.7 Å². The Labute approximate surface area is 223 Å². The Morgan fingerprint density at radius 3 is 2.51 bits per heavy atom. The highest BCUT2D eigenvalue weighted by Gasteiger charge is 2.44. The van der Waals surface area contributed by atoms with E-state index in [0.29, 0.717) is 40.3 Å². The summed E-state index contributed by atoms with van der Waals surface area (Å²) in [6, 6.07) is 15.9. The van der Waals surface area contributed by atoms with Crippen molar-refractivity contribution < 1.29 is 18.7 Å². The number of carbonyl (C=O) groups excluding carboxylic acids is 1. The number of halogens is 1. The molecule has 190 valence electrons. The van der Waals surface area contributed by atoms with Gasteiger partial charge in [-0.1, -0.05) is 41.4 Å². The van der Waals surface area contributed by atoms with Crippen LogP contribution in [0.25, 0.3) is 11.0 Å². The van der Waals surface area contributed by atoms with Crippen molar-refractivity contribution in [1.29, 1.82) is 0 Å². The van der Waals surface area contributed by atoms with Gasteiger partial charge in [-0.3, -0.25) is 14.5 Å². The van der Waals surface area contributed by atoms with E-state index < -0.39 is 6.04 Å². The van der Waals surface area contributed by atoms with E-state index in [1.807, 2.05) is 50.2 Å². The summed E-state index contributed by atoms with van der Waals surface area (Å²) in [6.07, 6.45) is 1.95. The van der Waals surface area contributed by atoms with Gasteiger partial charge >= 0.3 is 0 Å². The van der Waals surface area contributed by atoms with Crippen molar-refractivity contribution in [3.63, 3.8) is 0 Å². The molecule has 0 fully saturated rings. The molecule has 6 nitrogen and oxygen atoms in total. The third kappa shape index (κ3) is 4.42. The molecule has 2 heterocycles. The molecule has 1 aromatic heterocycles. The topological polar surface area (TPSA) is 69.0 Å². The Morgan fingerprint density at radius 2 is 1.78 bits per heavy atom. The van der Waals surface area contributed by atoms with Crippen LogP contribution < -0.4 is 19.8 Å². The van der Waals surface area contributed by atoms with Crippen LogP contribution in [0.5, 0.6) is 11.5 Å². The summed E-state index contributed by atoms with van der Waals surface area (Å²) in [5.74, 6) is 0.872. The number of carbonyl (C=O) groups is 1. The minimum absolute atomic E-state index is 0.0605. The molecule has 3 aromatic carbocycles. The maximum atomic E-state index is 13.9. The van der Waals surface area contributed by atoms with Gasteiger partial charge in [0.05, 0.1) is 30.7 Å². The lowest BCUT2D eigenvalue weighted by Gasteiger charge is -2.26. The lowest BCUT2D eigenvalue weighted by Crippen LogP contribution is -2.29. The number of fused-ring (bicyclic) bond motifs is 2. The number of hydrogen-bond donors (Lipinski definition) is 0. The molecular formula is C30H28BrNO5.